The third-order valence-corrected chi connectivity index (χ3v) is 8.26. The van der Waals surface area contributed by atoms with Gasteiger partial charge in [-0.1, -0.05) is 19.1 Å². The van der Waals surface area contributed by atoms with Crippen molar-refractivity contribution in [2.24, 2.45) is 5.92 Å². The van der Waals surface area contributed by atoms with Crippen LogP contribution in [0.25, 0.3) is 10.9 Å². The van der Waals surface area contributed by atoms with Crippen LogP contribution in [0.5, 0.6) is 5.75 Å². The number of carbonyl (C=O) groups is 1. The van der Waals surface area contributed by atoms with Crippen LogP contribution >= 0.6 is 0 Å². The van der Waals surface area contributed by atoms with E-state index in [1.807, 2.05) is 64.1 Å². The van der Waals surface area contributed by atoms with Gasteiger partial charge in [0, 0.05) is 40.9 Å². The smallest absolute Gasteiger partial charge is 0.419 e. The fourth-order valence-electron chi connectivity index (χ4n) is 5.25. The van der Waals surface area contributed by atoms with Crippen molar-refractivity contribution in [3.63, 3.8) is 0 Å². The van der Waals surface area contributed by atoms with Crippen molar-refractivity contribution in [2.45, 2.75) is 70.5 Å². The first kappa shape index (κ1) is 27.2. The lowest BCUT2D eigenvalue weighted by Gasteiger charge is -2.39. The molecule has 200 valence electrons. The highest BCUT2D eigenvalue weighted by atomic mass is 32.2. The standard InChI is InChI=1S/C29H39N3O4S/c1-19-12-14-31(25(16-19)21-8-10-22(11-9-21)37(7,30)34)18-24-23-13-15-32(28(33)36-29(3,4)5)27(23)20(2)17-26(24)35-6/h8-11,13,15,17,19,25,30H,12,14,16,18H2,1-7H3/t19-,25?,37+/m1/s1. The fraction of sp³-hybridized carbons (Fsp3) is 0.483. The second-order valence-corrected chi connectivity index (χ2v) is 13.5. The van der Waals surface area contributed by atoms with Gasteiger partial charge in [0.2, 0.25) is 0 Å². The Balaban J connectivity index is 1.74. The summed E-state index contributed by atoms with van der Waals surface area (Å²) in [6.45, 7) is 11.5. The van der Waals surface area contributed by atoms with Gasteiger partial charge < -0.3 is 9.47 Å². The molecule has 1 fully saturated rings. The summed E-state index contributed by atoms with van der Waals surface area (Å²) < 4.78 is 33.2. The molecule has 2 heterocycles. The number of carbonyl (C=O) groups excluding carboxylic acids is 1. The highest BCUT2D eigenvalue weighted by Crippen LogP contribution is 2.39. The molecule has 3 aromatic rings. The van der Waals surface area contributed by atoms with E-state index in [9.17, 15) is 9.00 Å². The molecule has 37 heavy (non-hydrogen) atoms. The van der Waals surface area contributed by atoms with Crippen LogP contribution in [-0.4, -0.2) is 45.3 Å². The number of hydrogen-bond donors (Lipinski definition) is 1. The van der Waals surface area contributed by atoms with E-state index in [-0.39, 0.29) is 6.04 Å². The number of methoxy groups -OCH3 is 1. The van der Waals surface area contributed by atoms with Gasteiger partial charge in [-0.25, -0.2) is 13.8 Å². The highest BCUT2D eigenvalue weighted by molar-refractivity contribution is 7.91. The first-order valence-corrected chi connectivity index (χ1v) is 14.7. The highest BCUT2D eigenvalue weighted by Gasteiger charge is 2.30. The van der Waals surface area contributed by atoms with E-state index in [4.69, 9.17) is 14.3 Å². The van der Waals surface area contributed by atoms with Crippen LogP contribution in [0.4, 0.5) is 4.79 Å². The quantitative estimate of drug-likeness (QED) is 0.398. The number of nitrogens with zero attached hydrogens (tertiary/aromatic N) is 2. The Morgan fingerprint density at radius 1 is 1.19 bits per heavy atom. The lowest BCUT2D eigenvalue weighted by atomic mass is 9.87. The summed E-state index contributed by atoms with van der Waals surface area (Å²) in [5, 5.41) is 0.982. The minimum absolute atomic E-state index is 0.186. The molecule has 0 spiro atoms. The summed E-state index contributed by atoms with van der Waals surface area (Å²) in [6, 6.07) is 11.9. The molecule has 1 aliphatic rings. The van der Waals surface area contributed by atoms with Crippen LogP contribution in [0, 0.1) is 17.6 Å². The summed E-state index contributed by atoms with van der Waals surface area (Å²) in [5.74, 6) is 1.39. The number of piperidine rings is 1. The molecule has 7 nitrogen and oxygen atoms in total. The molecule has 0 bridgehead atoms. The van der Waals surface area contributed by atoms with Crippen LogP contribution in [0.1, 0.15) is 63.3 Å². The van der Waals surface area contributed by atoms with Crippen LogP contribution in [0.15, 0.2) is 47.5 Å². The second-order valence-electron chi connectivity index (χ2n) is 11.3. The van der Waals surface area contributed by atoms with Crippen LogP contribution in [0.3, 0.4) is 0 Å². The van der Waals surface area contributed by atoms with Gasteiger partial charge in [0.05, 0.1) is 22.4 Å². The second kappa shape index (κ2) is 10.1. The number of hydrogen-bond acceptors (Lipinski definition) is 6. The van der Waals surface area contributed by atoms with Crippen molar-refractivity contribution in [2.75, 3.05) is 19.9 Å². The molecular formula is C29H39N3O4S. The van der Waals surface area contributed by atoms with Crippen LogP contribution < -0.4 is 4.74 Å². The van der Waals surface area contributed by atoms with Crippen LogP contribution in [-0.2, 0) is 21.0 Å². The summed E-state index contributed by atoms with van der Waals surface area (Å²) >= 11 is 0. The summed E-state index contributed by atoms with van der Waals surface area (Å²) in [4.78, 5) is 16.0. The van der Waals surface area contributed by atoms with Crippen molar-refractivity contribution < 1.29 is 18.5 Å². The van der Waals surface area contributed by atoms with Gasteiger partial charge in [-0.3, -0.25) is 9.47 Å². The number of benzene rings is 2. The van der Waals surface area contributed by atoms with Gasteiger partial charge in [-0.05, 0) is 88.4 Å². The van der Waals surface area contributed by atoms with Crippen molar-refractivity contribution >= 4 is 26.7 Å². The molecular weight excluding hydrogens is 486 g/mol. The van der Waals surface area contributed by atoms with Crippen LogP contribution in [0.2, 0.25) is 0 Å². The average Bonchev–Trinajstić information content (AvgIpc) is 3.26. The topological polar surface area (TPSA) is 84.6 Å². The lowest BCUT2D eigenvalue weighted by molar-refractivity contribution is 0.0544. The normalized spacial score (nSPS) is 20.5. The zero-order valence-electron chi connectivity index (χ0n) is 23.0. The van der Waals surface area contributed by atoms with E-state index in [1.165, 1.54) is 6.26 Å². The first-order valence-electron chi connectivity index (χ1n) is 12.8. The zero-order valence-corrected chi connectivity index (χ0v) is 23.8. The van der Waals surface area contributed by atoms with Crippen molar-refractivity contribution in [1.29, 1.82) is 4.78 Å². The Kier molecular flexibility index (Phi) is 7.45. The average molecular weight is 526 g/mol. The van der Waals surface area contributed by atoms with E-state index in [2.05, 4.69) is 11.8 Å². The minimum Gasteiger partial charge on any atom is -0.496 e. The van der Waals surface area contributed by atoms with Gasteiger partial charge in [-0.15, -0.1) is 0 Å². The molecule has 1 saturated heterocycles. The molecule has 1 unspecified atom stereocenters. The van der Waals surface area contributed by atoms with Crippen molar-refractivity contribution in [1.82, 2.24) is 9.47 Å². The Morgan fingerprint density at radius 2 is 1.86 bits per heavy atom. The van der Waals surface area contributed by atoms with Gasteiger partial charge in [0.15, 0.2) is 0 Å². The minimum atomic E-state index is -2.75. The van der Waals surface area contributed by atoms with Gasteiger partial charge in [0.25, 0.3) is 0 Å². The number of fused-ring (bicyclic) bond motifs is 1. The number of likely N-dealkylation sites (tertiary alicyclic amines) is 1. The number of aromatic nitrogens is 1. The van der Waals surface area contributed by atoms with E-state index in [1.54, 1.807) is 17.9 Å². The van der Waals surface area contributed by atoms with E-state index < -0.39 is 21.4 Å². The molecule has 4 rings (SSSR count). The Bertz CT molecular complexity index is 1400. The van der Waals surface area contributed by atoms with Gasteiger partial charge in [-0.2, -0.15) is 0 Å². The molecule has 2 aromatic carbocycles. The monoisotopic (exact) mass is 525 g/mol. The van der Waals surface area contributed by atoms with Crippen molar-refractivity contribution in [3.05, 3.63) is 59.3 Å². The zero-order chi connectivity index (χ0) is 27.1. The molecule has 1 aliphatic heterocycles. The molecule has 8 heteroatoms. The molecule has 0 aliphatic carbocycles. The molecule has 0 radical (unpaired) electrons. The number of nitrogens with one attached hydrogen (secondary N) is 1. The SMILES string of the molecule is COc1cc(C)c2c(ccn2C(=O)OC(C)(C)C)c1CN1CC[C@@H](C)CC1c1ccc([S@@](C)(=N)=O)cc1. The van der Waals surface area contributed by atoms with E-state index in [0.717, 1.165) is 52.7 Å². The Labute approximate surface area is 220 Å². The summed E-state index contributed by atoms with van der Waals surface area (Å²) in [5.41, 5.74) is 3.40. The Morgan fingerprint density at radius 3 is 2.46 bits per heavy atom. The molecule has 0 amide bonds. The van der Waals surface area contributed by atoms with E-state index >= 15 is 0 Å². The Hall–Kier alpha value is -2.84. The predicted octanol–water partition coefficient (Wildman–Crippen LogP) is 6.75. The van der Waals surface area contributed by atoms with Crippen molar-refractivity contribution in [3.8, 4) is 5.75 Å². The molecule has 1 N–H and O–H groups in total. The number of ether oxygens (including phenoxy) is 2. The third kappa shape index (κ3) is 5.85. The molecule has 0 saturated carbocycles. The third-order valence-electron chi connectivity index (χ3n) is 7.09. The largest absolute Gasteiger partial charge is 0.496 e. The maximum Gasteiger partial charge on any atom is 0.419 e. The summed E-state index contributed by atoms with van der Waals surface area (Å²) in [6.07, 6.45) is 4.95. The van der Waals surface area contributed by atoms with Gasteiger partial charge >= 0.3 is 6.09 Å². The first-order chi connectivity index (χ1) is 17.3. The maximum absolute atomic E-state index is 13.0. The number of rotatable bonds is 5. The predicted molar refractivity (Wildman–Crippen MR) is 148 cm³/mol. The lowest BCUT2D eigenvalue weighted by Crippen LogP contribution is -2.36. The van der Waals surface area contributed by atoms with Gasteiger partial charge in [0.1, 0.15) is 11.4 Å². The van der Waals surface area contributed by atoms with E-state index in [0.29, 0.717) is 17.4 Å². The molecule has 1 aromatic heterocycles. The summed E-state index contributed by atoms with van der Waals surface area (Å²) in [7, 11) is -1.06. The molecule has 3 atom stereocenters. The number of aryl methyl sites for hydroxylation is 1. The fourth-order valence-corrected chi connectivity index (χ4v) is 5.91. The maximum atomic E-state index is 13.0.